The van der Waals surface area contributed by atoms with Gasteiger partial charge in [0.25, 0.3) is 0 Å². The zero-order valence-electron chi connectivity index (χ0n) is 10.3. The van der Waals surface area contributed by atoms with Gasteiger partial charge < -0.3 is 5.73 Å². The normalized spacial score (nSPS) is 13.8. The minimum Gasteiger partial charge on any atom is -0.327 e. The van der Waals surface area contributed by atoms with E-state index in [-0.39, 0.29) is 6.04 Å². The molecule has 0 saturated heterocycles. The first-order valence-electron chi connectivity index (χ1n) is 5.78. The predicted octanol–water partition coefficient (Wildman–Crippen LogP) is 2.38. The van der Waals surface area contributed by atoms with Crippen LogP contribution in [0.5, 0.6) is 0 Å². The summed E-state index contributed by atoms with van der Waals surface area (Å²) in [6.45, 7) is 8.66. The zero-order chi connectivity index (χ0) is 11.4. The molecule has 0 aliphatic rings. The van der Waals surface area contributed by atoms with E-state index in [9.17, 15) is 0 Å². The number of rotatable bonds is 5. The lowest BCUT2D eigenvalue weighted by atomic mass is 10.0. The molecule has 0 radical (unpaired) electrons. The monoisotopic (exact) mass is 209 g/mol. The van der Waals surface area contributed by atoms with Crippen molar-refractivity contribution in [2.75, 3.05) is 0 Å². The second kappa shape index (κ2) is 5.31. The molecule has 1 aromatic heterocycles. The molecule has 0 fully saturated rings. The molecule has 0 spiro atoms. The summed E-state index contributed by atoms with van der Waals surface area (Å²) < 4.78 is 1.98. The summed E-state index contributed by atoms with van der Waals surface area (Å²) in [6.07, 6.45) is 3.98. The van der Waals surface area contributed by atoms with Gasteiger partial charge in [-0.05, 0) is 32.3 Å². The van der Waals surface area contributed by atoms with Gasteiger partial charge in [0.15, 0.2) is 0 Å². The Bertz CT molecular complexity index is 289. The third kappa shape index (κ3) is 4.04. The summed E-state index contributed by atoms with van der Waals surface area (Å²) in [7, 11) is 0. The second-order valence-corrected chi connectivity index (χ2v) is 4.97. The molecule has 0 saturated carbocycles. The molecule has 0 aliphatic heterocycles. The van der Waals surface area contributed by atoms with Crippen molar-refractivity contribution in [3.8, 4) is 0 Å². The van der Waals surface area contributed by atoms with Crippen LogP contribution in [0.15, 0.2) is 12.3 Å². The van der Waals surface area contributed by atoms with E-state index in [2.05, 4.69) is 38.9 Å². The highest BCUT2D eigenvalue weighted by atomic mass is 15.3. The summed E-state index contributed by atoms with van der Waals surface area (Å²) in [5.41, 5.74) is 7.15. The largest absolute Gasteiger partial charge is 0.327 e. The highest BCUT2D eigenvalue weighted by molar-refractivity contribution is 5.01. The van der Waals surface area contributed by atoms with E-state index in [0.717, 1.165) is 18.5 Å². The van der Waals surface area contributed by atoms with Gasteiger partial charge in [-0.25, -0.2) is 0 Å². The fourth-order valence-corrected chi connectivity index (χ4v) is 1.73. The van der Waals surface area contributed by atoms with Gasteiger partial charge in [0.2, 0.25) is 0 Å². The van der Waals surface area contributed by atoms with Gasteiger partial charge in [-0.2, -0.15) is 5.10 Å². The van der Waals surface area contributed by atoms with Crippen molar-refractivity contribution < 1.29 is 0 Å². The van der Waals surface area contributed by atoms with Crippen molar-refractivity contribution in [3.63, 3.8) is 0 Å². The Labute approximate surface area is 92.7 Å². The third-order valence-electron chi connectivity index (χ3n) is 2.44. The van der Waals surface area contributed by atoms with Gasteiger partial charge in [0.1, 0.15) is 0 Å². The standard InChI is InChI=1S/C12H23N3/c1-9(2)7-11(13)8-12-5-6-15(14-12)10(3)4/h5-6,9-11H,7-8,13H2,1-4H3. The van der Waals surface area contributed by atoms with E-state index in [1.807, 2.05) is 10.9 Å². The quantitative estimate of drug-likeness (QED) is 0.809. The maximum absolute atomic E-state index is 6.04. The second-order valence-electron chi connectivity index (χ2n) is 4.97. The maximum Gasteiger partial charge on any atom is 0.0640 e. The SMILES string of the molecule is CC(C)CC(N)Cc1ccn(C(C)C)n1. The van der Waals surface area contributed by atoms with Crippen molar-refractivity contribution in [1.82, 2.24) is 9.78 Å². The van der Waals surface area contributed by atoms with Crippen LogP contribution in [0, 0.1) is 5.92 Å². The lowest BCUT2D eigenvalue weighted by Crippen LogP contribution is -2.25. The Morgan fingerprint density at radius 3 is 2.47 bits per heavy atom. The van der Waals surface area contributed by atoms with E-state index in [0.29, 0.717) is 12.0 Å². The Balaban J connectivity index is 2.49. The molecular formula is C12H23N3. The highest BCUT2D eigenvalue weighted by Crippen LogP contribution is 2.09. The minimum absolute atomic E-state index is 0.237. The first-order chi connectivity index (χ1) is 6.99. The number of nitrogens with zero attached hydrogens (tertiary/aromatic N) is 2. The fourth-order valence-electron chi connectivity index (χ4n) is 1.73. The zero-order valence-corrected chi connectivity index (χ0v) is 10.3. The van der Waals surface area contributed by atoms with Crippen molar-refractivity contribution >= 4 is 0 Å². The van der Waals surface area contributed by atoms with Gasteiger partial charge in [0.05, 0.1) is 5.69 Å². The van der Waals surface area contributed by atoms with Crippen LogP contribution in [-0.2, 0) is 6.42 Å². The number of hydrogen-bond acceptors (Lipinski definition) is 2. The third-order valence-corrected chi connectivity index (χ3v) is 2.44. The predicted molar refractivity (Wildman–Crippen MR) is 63.7 cm³/mol. The molecule has 0 aliphatic carbocycles. The molecular weight excluding hydrogens is 186 g/mol. The Kier molecular flexibility index (Phi) is 4.33. The van der Waals surface area contributed by atoms with Crippen molar-refractivity contribution in [2.24, 2.45) is 11.7 Å². The fraction of sp³-hybridized carbons (Fsp3) is 0.750. The first-order valence-corrected chi connectivity index (χ1v) is 5.78. The Morgan fingerprint density at radius 2 is 2.00 bits per heavy atom. The summed E-state index contributed by atoms with van der Waals surface area (Å²) in [5.74, 6) is 0.659. The van der Waals surface area contributed by atoms with Crippen LogP contribution >= 0.6 is 0 Å². The van der Waals surface area contributed by atoms with Gasteiger partial charge in [-0.3, -0.25) is 4.68 Å². The van der Waals surface area contributed by atoms with Gasteiger partial charge in [0, 0.05) is 24.7 Å². The summed E-state index contributed by atoms with van der Waals surface area (Å²) >= 11 is 0. The van der Waals surface area contributed by atoms with Crippen LogP contribution in [0.1, 0.15) is 45.9 Å². The molecule has 0 amide bonds. The number of aromatic nitrogens is 2. The summed E-state index contributed by atoms with van der Waals surface area (Å²) in [4.78, 5) is 0. The summed E-state index contributed by atoms with van der Waals surface area (Å²) in [5, 5.41) is 4.49. The van der Waals surface area contributed by atoms with E-state index in [4.69, 9.17) is 5.73 Å². The number of hydrogen-bond donors (Lipinski definition) is 1. The molecule has 1 rings (SSSR count). The van der Waals surface area contributed by atoms with E-state index in [1.54, 1.807) is 0 Å². The highest BCUT2D eigenvalue weighted by Gasteiger charge is 2.09. The molecule has 3 heteroatoms. The van der Waals surface area contributed by atoms with Gasteiger partial charge >= 0.3 is 0 Å². The smallest absolute Gasteiger partial charge is 0.0640 e. The van der Waals surface area contributed by atoms with Gasteiger partial charge in [-0.15, -0.1) is 0 Å². The Hall–Kier alpha value is -0.830. The molecule has 86 valence electrons. The van der Waals surface area contributed by atoms with Crippen LogP contribution in [-0.4, -0.2) is 15.8 Å². The van der Waals surface area contributed by atoms with E-state index < -0.39 is 0 Å². The van der Waals surface area contributed by atoms with E-state index in [1.165, 1.54) is 0 Å². The maximum atomic E-state index is 6.04. The summed E-state index contributed by atoms with van der Waals surface area (Å²) in [6, 6.07) is 2.74. The minimum atomic E-state index is 0.237. The lowest BCUT2D eigenvalue weighted by Gasteiger charge is -2.12. The molecule has 1 heterocycles. The van der Waals surface area contributed by atoms with Crippen LogP contribution < -0.4 is 5.73 Å². The van der Waals surface area contributed by atoms with E-state index >= 15 is 0 Å². The Morgan fingerprint density at radius 1 is 1.33 bits per heavy atom. The van der Waals surface area contributed by atoms with Gasteiger partial charge in [-0.1, -0.05) is 13.8 Å². The average molecular weight is 209 g/mol. The molecule has 0 aromatic carbocycles. The first kappa shape index (κ1) is 12.2. The van der Waals surface area contributed by atoms with Crippen LogP contribution in [0.3, 0.4) is 0 Å². The molecule has 3 nitrogen and oxygen atoms in total. The van der Waals surface area contributed by atoms with Crippen molar-refractivity contribution in [2.45, 2.75) is 52.6 Å². The number of nitrogens with two attached hydrogens (primary N) is 1. The topological polar surface area (TPSA) is 43.8 Å². The lowest BCUT2D eigenvalue weighted by molar-refractivity contribution is 0.480. The molecule has 1 atom stereocenters. The average Bonchev–Trinajstić information content (AvgIpc) is 2.50. The van der Waals surface area contributed by atoms with Crippen molar-refractivity contribution in [1.29, 1.82) is 0 Å². The molecule has 15 heavy (non-hydrogen) atoms. The molecule has 1 aromatic rings. The van der Waals surface area contributed by atoms with Crippen LogP contribution in [0.2, 0.25) is 0 Å². The molecule has 0 bridgehead atoms. The van der Waals surface area contributed by atoms with Crippen LogP contribution in [0.25, 0.3) is 0 Å². The molecule has 1 unspecified atom stereocenters. The molecule has 2 N–H and O–H groups in total. The van der Waals surface area contributed by atoms with Crippen LogP contribution in [0.4, 0.5) is 0 Å². The van der Waals surface area contributed by atoms with Crippen molar-refractivity contribution in [3.05, 3.63) is 18.0 Å².